The van der Waals surface area contributed by atoms with Gasteiger partial charge in [0, 0.05) is 31.9 Å². The molecule has 1 N–H and O–H groups in total. The van der Waals surface area contributed by atoms with Crippen LogP contribution in [-0.2, 0) is 0 Å². The second-order valence-corrected chi connectivity index (χ2v) is 7.90. The summed E-state index contributed by atoms with van der Waals surface area (Å²) in [6.07, 6.45) is 0. The summed E-state index contributed by atoms with van der Waals surface area (Å²) < 4.78 is 0. The van der Waals surface area contributed by atoms with Gasteiger partial charge in [0.15, 0.2) is 11.5 Å². The van der Waals surface area contributed by atoms with E-state index in [1.807, 2.05) is 38.1 Å². The number of carbonyl (C=O) groups is 1. The zero-order chi connectivity index (χ0) is 20.5. The van der Waals surface area contributed by atoms with Gasteiger partial charge in [-0.2, -0.15) is 0 Å². The van der Waals surface area contributed by atoms with Crippen molar-refractivity contribution in [1.29, 1.82) is 0 Å². The molecule has 2 aromatic carbocycles. The molecule has 3 aromatic rings. The molecule has 1 aromatic heterocycles. The molecule has 0 bridgehead atoms. The number of likely N-dealkylation sites (N-methyl/N-ethyl adjacent to an activating group) is 1. The number of piperazine rings is 1. The van der Waals surface area contributed by atoms with Crippen LogP contribution in [-0.4, -0.2) is 54.0 Å². The molecule has 6 heteroatoms. The number of carbonyl (C=O) groups excluding carboxylic acids is 1. The Hall–Kier alpha value is -2.99. The van der Waals surface area contributed by atoms with E-state index in [-0.39, 0.29) is 5.91 Å². The molecule has 0 radical (unpaired) electrons. The number of nitrogens with zero attached hydrogens (tertiary/aromatic N) is 4. The average Bonchev–Trinajstić information content (AvgIpc) is 2.70. The van der Waals surface area contributed by atoms with Gasteiger partial charge >= 0.3 is 0 Å². The van der Waals surface area contributed by atoms with Crippen LogP contribution in [0.25, 0.3) is 11.0 Å². The third-order valence-corrected chi connectivity index (χ3v) is 5.49. The van der Waals surface area contributed by atoms with Crippen molar-refractivity contribution in [3.05, 3.63) is 58.8 Å². The van der Waals surface area contributed by atoms with Crippen molar-refractivity contribution < 1.29 is 4.79 Å². The molecular formula is C23H27N5O. The fourth-order valence-corrected chi connectivity index (χ4v) is 3.93. The Kier molecular flexibility index (Phi) is 5.20. The second-order valence-electron chi connectivity index (χ2n) is 7.90. The monoisotopic (exact) mass is 389 g/mol. The largest absolute Gasteiger partial charge is 0.352 e. The molecule has 0 aliphatic carbocycles. The molecule has 29 heavy (non-hydrogen) atoms. The van der Waals surface area contributed by atoms with Gasteiger partial charge in [-0.25, -0.2) is 9.97 Å². The Morgan fingerprint density at radius 2 is 1.52 bits per heavy atom. The van der Waals surface area contributed by atoms with Crippen molar-refractivity contribution in [3.63, 3.8) is 0 Å². The summed E-state index contributed by atoms with van der Waals surface area (Å²) in [5.41, 5.74) is 6.04. The Labute approximate surface area is 171 Å². The number of para-hydroxylation sites is 2. The van der Waals surface area contributed by atoms with Crippen LogP contribution in [0.15, 0.2) is 36.4 Å². The average molecular weight is 390 g/mol. The Bertz CT molecular complexity index is 1050. The maximum Gasteiger partial charge on any atom is 0.278 e. The highest BCUT2D eigenvalue weighted by molar-refractivity contribution is 6.08. The third kappa shape index (κ3) is 3.93. The number of anilines is 2. The summed E-state index contributed by atoms with van der Waals surface area (Å²) in [4.78, 5) is 27.3. The number of rotatable bonds is 3. The van der Waals surface area contributed by atoms with Crippen molar-refractivity contribution in [3.8, 4) is 0 Å². The number of aromatic nitrogens is 2. The van der Waals surface area contributed by atoms with Crippen LogP contribution in [0.1, 0.15) is 27.2 Å². The zero-order valence-corrected chi connectivity index (χ0v) is 17.5. The number of fused-ring (bicyclic) bond motifs is 1. The Morgan fingerprint density at radius 1 is 0.931 bits per heavy atom. The summed E-state index contributed by atoms with van der Waals surface area (Å²) >= 11 is 0. The predicted octanol–water partition coefficient (Wildman–Crippen LogP) is 3.56. The lowest BCUT2D eigenvalue weighted by atomic mass is 10.0. The first-order valence-electron chi connectivity index (χ1n) is 10.0. The van der Waals surface area contributed by atoms with E-state index < -0.39 is 0 Å². The minimum absolute atomic E-state index is 0.216. The van der Waals surface area contributed by atoms with Gasteiger partial charge in [-0.15, -0.1) is 0 Å². The quantitative estimate of drug-likeness (QED) is 0.742. The smallest absolute Gasteiger partial charge is 0.278 e. The second kappa shape index (κ2) is 7.79. The van der Waals surface area contributed by atoms with Crippen LogP contribution in [0.3, 0.4) is 0 Å². The Morgan fingerprint density at radius 3 is 2.14 bits per heavy atom. The van der Waals surface area contributed by atoms with E-state index in [1.54, 1.807) is 0 Å². The summed E-state index contributed by atoms with van der Waals surface area (Å²) in [7, 11) is 2.11. The van der Waals surface area contributed by atoms with E-state index >= 15 is 0 Å². The fourth-order valence-electron chi connectivity index (χ4n) is 3.93. The normalized spacial score (nSPS) is 15.0. The van der Waals surface area contributed by atoms with Crippen LogP contribution >= 0.6 is 0 Å². The van der Waals surface area contributed by atoms with E-state index in [0.717, 1.165) is 54.0 Å². The molecule has 1 saturated heterocycles. The van der Waals surface area contributed by atoms with Gasteiger partial charge < -0.3 is 15.1 Å². The van der Waals surface area contributed by atoms with E-state index in [9.17, 15) is 4.79 Å². The summed E-state index contributed by atoms with van der Waals surface area (Å²) in [6, 6.07) is 11.9. The highest BCUT2D eigenvalue weighted by atomic mass is 16.1. The van der Waals surface area contributed by atoms with Gasteiger partial charge in [-0.3, -0.25) is 4.79 Å². The zero-order valence-electron chi connectivity index (χ0n) is 17.5. The third-order valence-electron chi connectivity index (χ3n) is 5.49. The first-order valence-corrected chi connectivity index (χ1v) is 10.0. The molecule has 1 aliphatic heterocycles. The summed E-state index contributed by atoms with van der Waals surface area (Å²) in [6.45, 7) is 9.62. The van der Waals surface area contributed by atoms with Crippen LogP contribution < -0.4 is 10.2 Å². The number of nitrogens with one attached hydrogen (secondary N) is 1. The maximum atomic E-state index is 13.3. The molecular weight excluding hydrogens is 362 g/mol. The van der Waals surface area contributed by atoms with Crippen molar-refractivity contribution in [1.82, 2.24) is 14.9 Å². The van der Waals surface area contributed by atoms with Crippen molar-refractivity contribution >= 4 is 28.4 Å². The highest BCUT2D eigenvalue weighted by Gasteiger charge is 2.24. The van der Waals surface area contributed by atoms with E-state index in [4.69, 9.17) is 9.97 Å². The topological polar surface area (TPSA) is 61.4 Å². The molecule has 1 fully saturated rings. The van der Waals surface area contributed by atoms with Gasteiger partial charge in [-0.05, 0) is 51.1 Å². The lowest BCUT2D eigenvalue weighted by Gasteiger charge is -2.33. The predicted molar refractivity (Wildman–Crippen MR) is 118 cm³/mol. The number of benzene rings is 2. The summed E-state index contributed by atoms with van der Waals surface area (Å²) in [5, 5.41) is 3.10. The minimum Gasteiger partial charge on any atom is -0.352 e. The molecule has 0 unspecified atom stereocenters. The molecule has 6 nitrogen and oxygen atoms in total. The molecule has 0 spiro atoms. The molecule has 0 atom stereocenters. The SMILES string of the molecule is Cc1cc(C)c(NC(=O)c2nc3ccccc3nc2N2CCN(C)CC2)c(C)c1. The van der Waals surface area contributed by atoms with Gasteiger partial charge in [-0.1, -0.05) is 29.8 Å². The van der Waals surface area contributed by atoms with Crippen LogP contribution in [0.4, 0.5) is 11.5 Å². The molecule has 2 heterocycles. The lowest BCUT2D eigenvalue weighted by molar-refractivity contribution is 0.102. The maximum absolute atomic E-state index is 13.3. The van der Waals surface area contributed by atoms with Gasteiger partial charge in [0.25, 0.3) is 5.91 Å². The van der Waals surface area contributed by atoms with Crippen LogP contribution in [0.2, 0.25) is 0 Å². The number of aryl methyl sites for hydroxylation is 3. The van der Waals surface area contributed by atoms with Crippen LogP contribution in [0, 0.1) is 20.8 Å². The first kappa shape index (κ1) is 19.3. The standard InChI is InChI=1S/C23H27N5O/c1-15-13-16(2)20(17(3)14-15)26-23(29)21-22(28-11-9-27(4)10-12-28)25-19-8-6-5-7-18(19)24-21/h5-8,13-14H,9-12H2,1-4H3,(H,26,29). The number of hydrogen-bond donors (Lipinski definition) is 1. The van der Waals surface area contributed by atoms with Crippen molar-refractivity contribution in [2.75, 3.05) is 43.4 Å². The van der Waals surface area contributed by atoms with E-state index in [2.05, 4.69) is 41.2 Å². The first-order chi connectivity index (χ1) is 13.9. The number of hydrogen-bond acceptors (Lipinski definition) is 5. The van der Waals surface area contributed by atoms with E-state index in [1.165, 1.54) is 5.56 Å². The number of amides is 1. The Balaban J connectivity index is 1.75. The van der Waals surface area contributed by atoms with Gasteiger partial charge in [0.1, 0.15) is 0 Å². The minimum atomic E-state index is -0.216. The molecule has 1 amide bonds. The molecule has 150 valence electrons. The fraction of sp³-hybridized carbons (Fsp3) is 0.348. The summed E-state index contributed by atoms with van der Waals surface area (Å²) in [5.74, 6) is 0.448. The highest BCUT2D eigenvalue weighted by Crippen LogP contribution is 2.26. The van der Waals surface area contributed by atoms with Crippen LogP contribution in [0.5, 0.6) is 0 Å². The van der Waals surface area contributed by atoms with Gasteiger partial charge in [0.2, 0.25) is 0 Å². The van der Waals surface area contributed by atoms with Crippen molar-refractivity contribution in [2.24, 2.45) is 0 Å². The molecule has 1 aliphatic rings. The molecule has 0 saturated carbocycles. The van der Waals surface area contributed by atoms with Crippen molar-refractivity contribution in [2.45, 2.75) is 20.8 Å². The van der Waals surface area contributed by atoms with Gasteiger partial charge in [0.05, 0.1) is 11.0 Å². The van der Waals surface area contributed by atoms with E-state index in [0.29, 0.717) is 11.5 Å². The lowest BCUT2D eigenvalue weighted by Crippen LogP contribution is -2.45. The molecule has 4 rings (SSSR count).